The summed E-state index contributed by atoms with van der Waals surface area (Å²) >= 11 is 3.49. The molecule has 1 aromatic carbocycles. The molecule has 7 heteroatoms. The monoisotopic (exact) mass is 412 g/mol. The molecule has 0 amide bonds. The number of rotatable bonds is 5. The molecule has 1 atom stereocenters. The summed E-state index contributed by atoms with van der Waals surface area (Å²) in [6.45, 7) is 7.99. The maximum Gasteiger partial charge on any atom is 0.133 e. The number of piperazine rings is 1. The number of halogens is 3. The van der Waals surface area contributed by atoms with Crippen LogP contribution in [0, 0.1) is 0 Å². The molecule has 2 rings (SSSR count). The highest BCUT2D eigenvalue weighted by atomic mass is 79.9. The highest BCUT2D eigenvalue weighted by Gasteiger charge is 2.23. The van der Waals surface area contributed by atoms with Gasteiger partial charge >= 0.3 is 0 Å². The normalized spacial score (nSPS) is 16.0. The van der Waals surface area contributed by atoms with Gasteiger partial charge in [0, 0.05) is 31.7 Å². The van der Waals surface area contributed by atoms with E-state index in [1.54, 1.807) is 14.2 Å². The smallest absolute Gasteiger partial charge is 0.133 e. The van der Waals surface area contributed by atoms with Gasteiger partial charge in [0.25, 0.3) is 0 Å². The van der Waals surface area contributed by atoms with E-state index in [-0.39, 0.29) is 30.9 Å². The van der Waals surface area contributed by atoms with Crippen molar-refractivity contribution in [2.45, 2.75) is 6.04 Å². The minimum Gasteiger partial charge on any atom is -0.496 e. The van der Waals surface area contributed by atoms with Crippen molar-refractivity contribution >= 4 is 40.7 Å². The first-order chi connectivity index (χ1) is 9.71. The standard InChI is InChI=1S/C15H21BrN2O2.2ClH/c1-4-13(18-7-5-17-6-8-18)11-9-15(20-3)12(16)10-14(11)19-2;;/h4,9-10,13,17H,1,5-8H2,2-3H3;2*1H/t13-;;/m1../s1. The second-order valence-corrected chi connectivity index (χ2v) is 5.55. The van der Waals surface area contributed by atoms with Crippen LogP contribution in [0.1, 0.15) is 11.6 Å². The van der Waals surface area contributed by atoms with E-state index in [1.807, 2.05) is 18.2 Å². The minimum absolute atomic E-state index is 0. The predicted octanol–water partition coefficient (Wildman–Crippen LogP) is 3.44. The Morgan fingerprint density at radius 1 is 1.18 bits per heavy atom. The first-order valence-electron chi connectivity index (χ1n) is 6.70. The van der Waals surface area contributed by atoms with Crippen LogP contribution in [-0.2, 0) is 0 Å². The second kappa shape index (κ2) is 10.3. The summed E-state index contributed by atoms with van der Waals surface area (Å²) in [5.41, 5.74) is 1.09. The molecule has 1 fully saturated rings. The fourth-order valence-electron chi connectivity index (χ4n) is 2.55. The molecule has 0 radical (unpaired) electrons. The summed E-state index contributed by atoms with van der Waals surface area (Å²) in [6.07, 6.45) is 1.97. The summed E-state index contributed by atoms with van der Waals surface area (Å²) in [5, 5.41) is 3.37. The zero-order valence-electron chi connectivity index (χ0n) is 12.8. The molecule has 0 saturated carbocycles. The number of hydrogen-bond acceptors (Lipinski definition) is 4. The van der Waals surface area contributed by atoms with Crippen LogP contribution in [0.4, 0.5) is 0 Å². The lowest BCUT2D eigenvalue weighted by molar-refractivity contribution is 0.200. The van der Waals surface area contributed by atoms with E-state index in [4.69, 9.17) is 9.47 Å². The lowest BCUT2D eigenvalue weighted by Crippen LogP contribution is -2.44. The van der Waals surface area contributed by atoms with Gasteiger partial charge in [0.1, 0.15) is 11.5 Å². The van der Waals surface area contributed by atoms with Gasteiger partial charge in [0.05, 0.1) is 24.7 Å². The average Bonchev–Trinajstić information content (AvgIpc) is 2.50. The molecule has 1 aliphatic rings. The third kappa shape index (κ3) is 4.77. The molecule has 0 aliphatic carbocycles. The maximum atomic E-state index is 5.52. The first-order valence-corrected chi connectivity index (χ1v) is 7.49. The second-order valence-electron chi connectivity index (χ2n) is 4.70. The Hall–Kier alpha value is -0.460. The number of ether oxygens (including phenoxy) is 2. The van der Waals surface area contributed by atoms with Gasteiger partial charge in [-0.05, 0) is 28.1 Å². The third-order valence-corrected chi connectivity index (χ3v) is 4.21. The van der Waals surface area contributed by atoms with Gasteiger partial charge in [-0.25, -0.2) is 0 Å². The number of methoxy groups -OCH3 is 2. The Bertz CT molecular complexity index is 483. The van der Waals surface area contributed by atoms with Crippen LogP contribution in [0.25, 0.3) is 0 Å². The lowest BCUT2D eigenvalue weighted by Gasteiger charge is -2.34. The van der Waals surface area contributed by atoms with Crippen molar-refractivity contribution < 1.29 is 9.47 Å². The van der Waals surface area contributed by atoms with Crippen molar-refractivity contribution in [2.24, 2.45) is 0 Å². The SMILES string of the molecule is C=C[C@H](c1cc(OC)c(Br)cc1OC)N1CCNCC1.Cl.Cl. The van der Waals surface area contributed by atoms with Crippen LogP contribution in [0.5, 0.6) is 11.5 Å². The highest BCUT2D eigenvalue weighted by Crippen LogP contribution is 2.38. The number of nitrogens with one attached hydrogen (secondary N) is 1. The van der Waals surface area contributed by atoms with Gasteiger partial charge < -0.3 is 14.8 Å². The van der Waals surface area contributed by atoms with Crippen molar-refractivity contribution in [1.82, 2.24) is 10.2 Å². The van der Waals surface area contributed by atoms with Crippen LogP contribution in [0.2, 0.25) is 0 Å². The average molecular weight is 414 g/mol. The number of nitrogens with zero attached hydrogens (tertiary/aromatic N) is 1. The summed E-state index contributed by atoms with van der Waals surface area (Å²) < 4.78 is 11.8. The van der Waals surface area contributed by atoms with Gasteiger partial charge in [-0.3, -0.25) is 4.90 Å². The molecule has 1 heterocycles. The van der Waals surface area contributed by atoms with Crippen LogP contribution in [0.3, 0.4) is 0 Å². The highest BCUT2D eigenvalue weighted by molar-refractivity contribution is 9.10. The molecule has 4 nitrogen and oxygen atoms in total. The molecule has 126 valence electrons. The molecule has 0 spiro atoms. The van der Waals surface area contributed by atoms with Crippen LogP contribution in [0.15, 0.2) is 29.3 Å². The largest absolute Gasteiger partial charge is 0.496 e. The van der Waals surface area contributed by atoms with E-state index in [0.717, 1.165) is 47.7 Å². The Morgan fingerprint density at radius 3 is 2.27 bits per heavy atom. The summed E-state index contributed by atoms with van der Waals surface area (Å²) in [7, 11) is 3.36. The van der Waals surface area contributed by atoms with E-state index in [0.29, 0.717) is 0 Å². The van der Waals surface area contributed by atoms with E-state index < -0.39 is 0 Å². The summed E-state index contributed by atoms with van der Waals surface area (Å²) in [4.78, 5) is 2.40. The van der Waals surface area contributed by atoms with E-state index in [1.165, 1.54) is 0 Å². The van der Waals surface area contributed by atoms with Gasteiger partial charge in [-0.15, -0.1) is 31.4 Å². The molecule has 1 aromatic rings. The van der Waals surface area contributed by atoms with Crippen LogP contribution < -0.4 is 14.8 Å². The fourth-order valence-corrected chi connectivity index (χ4v) is 3.03. The summed E-state index contributed by atoms with van der Waals surface area (Å²) in [5.74, 6) is 1.66. The Morgan fingerprint density at radius 2 is 1.77 bits per heavy atom. The van der Waals surface area contributed by atoms with Gasteiger partial charge in [0.15, 0.2) is 0 Å². The zero-order valence-corrected chi connectivity index (χ0v) is 16.0. The fraction of sp³-hybridized carbons (Fsp3) is 0.467. The molecular formula is C15H23BrCl2N2O2. The van der Waals surface area contributed by atoms with Crippen molar-refractivity contribution in [2.75, 3.05) is 40.4 Å². The van der Waals surface area contributed by atoms with Gasteiger partial charge in [-0.1, -0.05) is 6.08 Å². The van der Waals surface area contributed by atoms with Gasteiger partial charge in [-0.2, -0.15) is 0 Å². The predicted molar refractivity (Wildman–Crippen MR) is 99.1 cm³/mol. The van der Waals surface area contributed by atoms with Crippen molar-refractivity contribution in [1.29, 1.82) is 0 Å². The van der Waals surface area contributed by atoms with Crippen molar-refractivity contribution in [3.05, 3.63) is 34.8 Å². The van der Waals surface area contributed by atoms with Crippen molar-refractivity contribution in [3.63, 3.8) is 0 Å². The molecule has 0 aromatic heterocycles. The molecular weight excluding hydrogens is 391 g/mol. The summed E-state index contributed by atoms with van der Waals surface area (Å²) in [6, 6.07) is 4.11. The van der Waals surface area contributed by atoms with Gasteiger partial charge in [0.2, 0.25) is 0 Å². The minimum atomic E-state index is 0. The number of benzene rings is 1. The molecule has 0 unspecified atom stereocenters. The van der Waals surface area contributed by atoms with Crippen LogP contribution in [-0.4, -0.2) is 45.3 Å². The topological polar surface area (TPSA) is 33.7 Å². The zero-order chi connectivity index (χ0) is 14.5. The molecule has 22 heavy (non-hydrogen) atoms. The lowest BCUT2D eigenvalue weighted by atomic mass is 10.0. The van der Waals surface area contributed by atoms with E-state index in [9.17, 15) is 0 Å². The molecule has 1 N–H and O–H groups in total. The molecule has 1 aliphatic heterocycles. The molecule has 1 saturated heterocycles. The first kappa shape index (κ1) is 21.5. The van der Waals surface area contributed by atoms with Crippen molar-refractivity contribution in [3.8, 4) is 11.5 Å². The van der Waals surface area contributed by atoms with Crippen LogP contribution >= 0.6 is 40.7 Å². The Labute approximate surface area is 153 Å². The third-order valence-electron chi connectivity index (χ3n) is 3.59. The Balaban J connectivity index is 0.00000220. The Kier molecular flexibility index (Phi) is 10.1. The quantitative estimate of drug-likeness (QED) is 0.749. The number of hydrogen-bond donors (Lipinski definition) is 1. The molecule has 0 bridgehead atoms. The maximum absolute atomic E-state index is 5.52. The van der Waals surface area contributed by atoms with E-state index in [2.05, 4.69) is 32.7 Å². The van der Waals surface area contributed by atoms with E-state index >= 15 is 0 Å².